The highest BCUT2D eigenvalue weighted by Gasteiger charge is 2.39. The molecule has 1 N–H and O–H groups in total. The molecule has 3 atom stereocenters. The van der Waals surface area contributed by atoms with Gasteiger partial charge in [0.2, 0.25) is 0 Å². The van der Waals surface area contributed by atoms with Crippen molar-refractivity contribution in [1.82, 2.24) is 0 Å². The summed E-state index contributed by atoms with van der Waals surface area (Å²) in [7, 11) is 0. The van der Waals surface area contributed by atoms with E-state index in [1.807, 2.05) is 18.2 Å². The van der Waals surface area contributed by atoms with Crippen LogP contribution in [0.1, 0.15) is 92.1 Å². The summed E-state index contributed by atoms with van der Waals surface area (Å²) in [5.74, 6) is 2.04. The minimum atomic E-state index is -0.331. The molecule has 1 aromatic carbocycles. The Morgan fingerprint density at radius 1 is 1.00 bits per heavy atom. The van der Waals surface area contributed by atoms with Gasteiger partial charge in [0.25, 0.3) is 0 Å². The van der Waals surface area contributed by atoms with Crippen LogP contribution in [0.4, 0.5) is 0 Å². The van der Waals surface area contributed by atoms with Crippen molar-refractivity contribution >= 4 is 0 Å². The van der Waals surface area contributed by atoms with E-state index in [2.05, 4.69) is 12.1 Å². The third-order valence-electron chi connectivity index (χ3n) is 7.55. The standard InChI is InChI=1S/C27H34O4/c28-25-22-12-6-2-5-11-21(16-18-8-7-15-30-17-18)26(22)31-27(29)24(25)23(20-13-14-20)19-9-3-1-4-10-19/h1,3-4,9-10,18,20-21,23,28H,2,5-8,11-17H2. The summed E-state index contributed by atoms with van der Waals surface area (Å²) in [5, 5.41) is 11.5. The van der Waals surface area contributed by atoms with E-state index in [0.29, 0.717) is 17.4 Å². The molecular weight excluding hydrogens is 388 g/mol. The summed E-state index contributed by atoms with van der Waals surface area (Å²) in [6, 6.07) is 10.2. The zero-order chi connectivity index (χ0) is 21.2. The van der Waals surface area contributed by atoms with Crippen LogP contribution >= 0.6 is 0 Å². The minimum Gasteiger partial charge on any atom is -0.507 e. The molecule has 5 rings (SSSR count). The van der Waals surface area contributed by atoms with E-state index in [4.69, 9.17) is 9.15 Å². The van der Waals surface area contributed by atoms with Crippen LogP contribution in [-0.2, 0) is 11.2 Å². The summed E-state index contributed by atoms with van der Waals surface area (Å²) in [5.41, 5.74) is 2.17. The zero-order valence-electron chi connectivity index (χ0n) is 18.4. The van der Waals surface area contributed by atoms with Crippen LogP contribution in [0.3, 0.4) is 0 Å². The fourth-order valence-electron chi connectivity index (χ4n) is 5.82. The Morgan fingerprint density at radius 2 is 1.84 bits per heavy atom. The lowest BCUT2D eigenvalue weighted by Crippen LogP contribution is -2.23. The molecule has 0 radical (unpaired) electrons. The van der Waals surface area contributed by atoms with Gasteiger partial charge in [0.05, 0.1) is 5.56 Å². The largest absolute Gasteiger partial charge is 0.507 e. The Morgan fingerprint density at radius 3 is 2.58 bits per heavy atom. The molecule has 0 amide bonds. The van der Waals surface area contributed by atoms with Crippen LogP contribution in [0.2, 0.25) is 0 Å². The van der Waals surface area contributed by atoms with Crippen LogP contribution in [0.5, 0.6) is 5.75 Å². The first kappa shape index (κ1) is 20.8. The summed E-state index contributed by atoms with van der Waals surface area (Å²) in [4.78, 5) is 13.3. The molecule has 1 saturated carbocycles. The number of benzene rings is 1. The van der Waals surface area contributed by atoms with Gasteiger partial charge in [0, 0.05) is 30.6 Å². The lowest BCUT2D eigenvalue weighted by Gasteiger charge is -2.29. The predicted molar refractivity (Wildman–Crippen MR) is 121 cm³/mol. The number of fused-ring (bicyclic) bond motifs is 1. The average molecular weight is 423 g/mol. The maximum absolute atomic E-state index is 13.3. The van der Waals surface area contributed by atoms with Gasteiger partial charge >= 0.3 is 5.63 Å². The number of aromatic hydroxyl groups is 1. The van der Waals surface area contributed by atoms with Crippen molar-refractivity contribution in [3.05, 3.63) is 63.2 Å². The first-order chi connectivity index (χ1) is 15.2. The lowest BCUT2D eigenvalue weighted by atomic mass is 9.80. The zero-order valence-corrected chi connectivity index (χ0v) is 18.4. The molecule has 4 nitrogen and oxygen atoms in total. The molecule has 1 aliphatic heterocycles. The average Bonchev–Trinajstić information content (AvgIpc) is 3.61. The van der Waals surface area contributed by atoms with Gasteiger partial charge in [0.1, 0.15) is 11.5 Å². The molecule has 2 aliphatic carbocycles. The summed E-state index contributed by atoms with van der Waals surface area (Å²) < 4.78 is 11.8. The van der Waals surface area contributed by atoms with Crippen molar-refractivity contribution < 1.29 is 14.3 Å². The van der Waals surface area contributed by atoms with Gasteiger partial charge in [-0.2, -0.15) is 0 Å². The number of ether oxygens (including phenoxy) is 1. The Kier molecular flexibility index (Phi) is 6.17. The van der Waals surface area contributed by atoms with Gasteiger partial charge in [-0.3, -0.25) is 0 Å². The topological polar surface area (TPSA) is 59.7 Å². The minimum absolute atomic E-state index is 0.0709. The van der Waals surface area contributed by atoms with E-state index >= 15 is 0 Å². The van der Waals surface area contributed by atoms with Crippen molar-refractivity contribution in [2.75, 3.05) is 13.2 Å². The van der Waals surface area contributed by atoms with Gasteiger partial charge in [-0.05, 0) is 68.8 Å². The van der Waals surface area contributed by atoms with Gasteiger partial charge < -0.3 is 14.3 Å². The third-order valence-corrected chi connectivity index (χ3v) is 7.55. The Balaban J connectivity index is 1.55. The fourth-order valence-corrected chi connectivity index (χ4v) is 5.82. The SMILES string of the molecule is O=c1oc2c(c(O)c1C(c1ccccc1)C1CC1)CCCCCC2CC1CCCOC1. The van der Waals surface area contributed by atoms with Gasteiger partial charge in [-0.15, -0.1) is 0 Å². The van der Waals surface area contributed by atoms with Crippen molar-refractivity contribution in [2.45, 2.75) is 76.0 Å². The molecule has 2 aromatic rings. The quantitative estimate of drug-likeness (QED) is 0.651. The number of rotatable bonds is 5. The molecule has 1 saturated heterocycles. The van der Waals surface area contributed by atoms with Crippen molar-refractivity contribution in [3.8, 4) is 5.75 Å². The summed E-state index contributed by atoms with van der Waals surface area (Å²) in [6.45, 7) is 1.66. The lowest BCUT2D eigenvalue weighted by molar-refractivity contribution is 0.0472. The van der Waals surface area contributed by atoms with Gasteiger partial charge in [-0.1, -0.05) is 43.2 Å². The second-order valence-corrected chi connectivity index (χ2v) is 9.84. The maximum atomic E-state index is 13.3. The first-order valence-electron chi connectivity index (χ1n) is 12.2. The third kappa shape index (κ3) is 4.45. The second-order valence-electron chi connectivity index (χ2n) is 9.84. The molecular formula is C27H34O4. The smallest absolute Gasteiger partial charge is 0.343 e. The van der Waals surface area contributed by atoms with Crippen molar-refractivity contribution in [2.24, 2.45) is 11.8 Å². The molecule has 2 fully saturated rings. The van der Waals surface area contributed by atoms with E-state index in [0.717, 1.165) is 87.9 Å². The number of hydrogen-bond donors (Lipinski definition) is 1. The molecule has 3 unspecified atom stereocenters. The van der Waals surface area contributed by atoms with E-state index < -0.39 is 0 Å². The van der Waals surface area contributed by atoms with Crippen LogP contribution in [0, 0.1) is 11.8 Å². The van der Waals surface area contributed by atoms with Crippen LogP contribution in [0.15, 0.2) is 39.5 Å². The molecule has 4 heteroatoms. The van der Waals surface area contributed by atoms with Crippen LogP contribution < -0.4 is 5.63 Å². The Hall–Kier alpha value is -2.07. The maximum Gasteiger partial charge on any atom is 0.343 e. The van der Waals surface area contributed by atoms with Crippen molar-refractivity contribution in [3.63, 3.8) is 0 Å². The van der Waals surface area contributed by atoms with Gasteiger partial charge in [0.15, 0.2) is 0 Å². The summed E-state index contributed by atoms with van der Waals surface area (Å²) >= 11 is 0. The number of hydrogen-bond acceptors (Lipinski definition) is 4. The highest BCUT2D eigenvalue weighted by Crippen LogP contribution is 2.49. The normalized spacial score (nSPS) is 25.3. The fraction of sp³-hybridized carbons (Fsp3) is 0.593. The monoisotopic (exact) mass is 422 g/mol. The molecule has 2 heterocycles. The molecule has 3 aliphatic rings. The Bertz CT molecular complexity index is 938. The highest BCUT2D eigenvalue weighted by atomic mass is 16.5. The van der Waals surface area contributed by atoms with E-state index in [1.54, 1.807) is 0 Å². The molecule has 1 aromatic heterocycles. The molecule has 31 heavy (non-hydrogen) atoms. The Labute approximate surface area is 184 Å². The second kappa shape index (κ2) is 9.20. The van der Waals surface area contributed by atoms with Crippen LogP contribution in [-0.4, -0.2) is 18.3 Å². The van der Waals surface area contributed by atoms with E-state index in [1.165, 1.54) is 6.42 Å². The predicted octanol–water partition coefficient (Wildman–Crippen LogP) is 5.90. The van der Waals surface area contributed by atoms with Crippen molar-refractivity contribution in [1.29, 1.82) is 0 Å². The van der Waals surface area contributed by atoms with Crippen LogP contribution in [0.25, 0.3) is 0 Å². The van der Waals surface area contributed by atoms with E-state index in [9.17, 15) is 9.90 Å². The summed E-state index contributed by atoms with van der Waals surface area (Å²) in [6.07, 6.45) is 10.6. The first-order valence-corrected chi connectivity index (χ1v) is 12.2. The molecule has 166 valence electrons. The van der Waals surface area contributed by atoms with E-state index in [-0.39, 0.29) is 23.2 Å². The highest BCUT2D eigenvalue weighted by molar-refractivity contribution is 5.47. The molecule has 0 spiro atoms. The van der Waals surface area contributed by atoms with Gasteiger partial charge in [-0.25, -0.2) is 4.79 Å². The molecule has 0 bridgehead atoms.